The molecule has 7 nitrogen and oxygen atoms in total. The number of nitro groups is 1. The Morgan fingerprint density at radius 2 is 2.19 bits per heavy atom. The number of anilines is 1. The molecule has 2 aromatic heterocycles. The fraction of sp³-hybridized carbons (Fsp3) is 0. The highest BCUT2D eigenvalue weighted by Gasteiger charge is 2.16. The van der Waals surface area contributed by atoms with E-state index in [0.717, 1.165) is 9.35 Å². The molecule has 0 aliphatic carbocycles. The second-order valence-corrected chi connectivity index (χ2v) is 5.91. The molecule has 1 aromatic carbocycles. The fourth-order valence-electron chi connectivity index (χ4n) is 1.72. The van der Waals surface area contributed by atoms with Crippen LogP contribution in [-0.2, 0) is 0 Å². The smallest absolute Gasteiger partial charge is 0.271 e. The molecule has 2 N–H and O–H groups in total. The largest absolute Gasteiger partial charge is 0.398 e. The molecule has 0 spiro atoms. The molecule has 0 saturated carbocycles. The minimum Gasteiger partial charge on any atom is -0.398 e. The van der Waals surface area contributed by atoms with Crippen LogP contribution in [0.5, 0.6) is 0 Å². The van der Waals surface area contributed by atoms with Gasteiger partial charge < -0.3 is 10.3 Å². The van der Waals surface area contributed by atoms with Gasteiger partial charge in [0.2, 0.25) is 5.82 Å². The standard InChI is InChI=1S/C12H7BrN4O3S/c13-6-3-10(21-5-6)11-15-12(20-16-11)8-2-1-7(17(18)19)4-9(8)14/h1-5H,14H2. The summed E-state index contributed by atoms with van der Waals surface area (Å²) in [6.45, 7) is 0. The van der Waals surface area contributed by atoms with Gasteiger partial charge in [-0.25, -0.2) is 0 Å². The maximum atomic E-state index is 10.7. The lowest BCUT2D eigenvalue weighted by Gasteiger charge is -1.99. The molecule has 21 heavy (non-hydrogen) atoms. The Hall–Kier alpha value is -2.26. The first-order chi connectivity index (χ1) is 10.0. The number of hydrogen-bond acceptors (Lipinski definition) is 7. The van der Waals surface area contributed by atoms with E-state index in [4.69, 9.17) is 10.3 Å². The average Bonchev–Trinajstić information content (AvgIpc) is 3.07. The summed E-state index contributed by atoms with van der Waals surface area (Å²) in [7, 11) is 0. The van der Waals surface area contributed by atoms with Gasteiger partial charge in [-0.1, -0.05) is 5.16 Å². The van der Waals surface area contributed by atoms with E-state index in [1.807, 2.05) is 11.4 Å². The quantitative estimate of drug-likeness (QED) is 0.429. The van der Waals surface area contributed by atoms with Crippen molar-refractivity contribution >= 4 is 38.6 Å². The Kier molecular flexibility index (Phi) is 3.43. The highest BCUT2D eigenvalue weighted by atomic mass is 79.9. The summed E-state index contributed by atoms with van der Waals surface area (Å²) >= 11 is 4.82. The van der Waals surface area contributed by atoms with Crippen LogP contribution >= 0.6 is 27.3 Å². The van der Waals surface area contributed by atoms with Crippen LogP contribution < -0.4 is 5.73 Å². The molecule has 0 aliphatic rings. The van der Waals surface area contributed by atoms with Gasteiger partial charge in [0.25, 0.3) is 11.6 Å². The zero-order chi connectivity index (χ0) is 15.0. The number of halogens is 1. The molecular weight excluding hydrogens is 360 g/mol. The zero-order valence-electron chi connectivity index (χ0n) is 10.3. The Balaban J connectivity index is 1.98. The summed E-state index contributed by atoms with van der Waals surface area (Å²) in [4.78, 5) is 15.3. The van der Waals surface area contributed by atoms with Crippen LogP contribution in [0.2, 0.25) is 0 Å². The first-order valence-corrected chi connectivity index (χ1v) is 7.34. The van der Waals surface area contributed by atoms with E-state index in [1.165, 1.54) is 29.5 Å². The molecule has 0 bridgehead atoms. The van der Waals surface area contributed by atoms with Gasteiger partial charge in [-0.05, 0) is 28.1 Å². The third-order valence-corrected chi connectivity index (χ3v) is 4.38. The lowest BCUT2D eigenvalue weighted by molar-refractivity contribution is -0.384. The number of non-ortho nitro benzene ring substituents is 1. The highest BCUT2D eigenvalue weighted by Crippen LogP contribution is 2.32. The number of hydrogen-bond donors (Lipinski definition) is 1. The number of thiophene rings is 1. The predicted molar refractivity (Wildman–Crippen MR) is 81.8 cm³/mol. The van der Waals surface area contributed by atoms with Crippen LogP contribution in [0, 0.1) is 10.1 Å². The first-order valence-electron chi connectivity index (χ1n) is 5.67. The highest BCUT2D eigenvalue weighted by molar-refractivity contribution is 9.10. The van der Waals surface area contributed by atoms with Crippen molar-refractivity contribution in [2.45, 2.75) is 0 Å². The summed E-state index contributed by atoms with van der Waals surface area (Å²) in [5.41, 5.74) is 6.40. The Morgan fingerprint density at radius 3 is 2.81 bits per heavy atom. The summed E-state index contributed by atoms with van der Waals surface area (Å²) in [5, 5.41) is 16.5. The van der Waals surface area contributed by atoms with Crippen molar-refractivity contribution < 1.29 is 9.45 Å². The topological polar surface area (TPSA) is 108 Å². The molecule has 106 valence electrons. The van der Waals surface area contributed by atoms with Gasteiger partial charge in [-0.2, -0.15) is 4.98 Å². The molecule has 0 radical (unpaired) electrons. The minimum atomic E-state index is -0.511. The van der Waals surface area contributed by atoms with Crippen molar-refractivity contribution in [3.05, 3.63) is 44.2 Å². The van der Waals surface area contributed by atoms with E-state index >= 15 is 0 Å². The van der Waals surface area contributed by atoms with Crippen LogP contribution in [0.3, 0.4) is 0 Å². The summed E-state index contributed by atoms with van der Waals surface area (Å²) in [6.07, 6.45) is 0. The van der Waals surface area contributed by atoms with Crippen molar-refractivity contribution in [1.82, 2.24) is 10.1 Å². The fourth-order valence-corrected chi connectivity index (χ4v) is 3.07. The summed E-state index contributed by atoms with van der Waals surface area (Å²) in [5.74, 6) is 0.667. The van der Waals surface area contributed by atoms with Crippen LogP contribution in [0.15, 0.2) is 38.6 Å². The Bertz CT molecular complexity index is 830. The monoisotopic (exact) mass is 366 g/mol. The molecule has 0 saturated heterocycles. The van der Waals surface area contributed by atoms with Gasteiger partial charge in [0.1, 0.15) is 0 Å². The lowest BCUT2D eigenvalue weighted by atomic mass is 10.1. The number of nitrogens with zero attached hydrogens (tertiary/aromatic N) is 3. The van der Waals surface area contributed by atoms with Crippen LogP contribution in [0.4, 0.5) is 11.4 Å². The van der Waals surface area contributed by atoms with Crippen molar-refractivity contribution in [3.8, 4) is 22.2 Å². The van der Waals surface area contributed by atoms with Gasteiger partial charge >= 0.3 is 0 Å². The number of nitrogen functional groups attached to an aromatic ring is 1. The molecule has 0 fully saturated rings. The molecule has 3 rings (SSSR count). The van der Waals surface area contributed by atoms with Gasteiger partial charge in [0.05, 0.1) is 21.1 Å². The Morgan fingerprint density at radius 1 is 1.38 bits per heavy atom. The molecule has 3 aromatic rings. The van der Waals surface area contributed by atoms with Crippen molar-refractivity contribution in [3.63, 3.8) is 0 Å². The molecule has 0 amide bonds. The zero-order valence-corrected chi connectivity index (χ0v) is 12.7. The summed E-state index contributed by atoms with van der Waals surface area (Å²) < 4.78 is 6.11. The van der Waals surface area contributed by atoms with Gasteiger partial charge in [-0.3, -0.25) is 10.1 Å². The predicted octanol–water partition coefficient (Wildman–Crippen LogP) is 3.72. The molecule has 0 unspecified atom stereocenters. The van der Waals surface area contributed by atoms with Crippen LogP contribution in [-0.4, -0.2) is 15.1 Å². The maximum absolute atomic E-state index is 10.7. The van der Waals surface area contributed by atoms with E-state index < -0.39 is 4.92 Å². The average molecular weight is 367 g/mol. The van der Waals surface area contributed by atoms with E-state index in [9.17, 15) is 10.1 Å². The van der Waals surface area contributed by atoms with Crippen LogP contribution in [0.1, 0.15) is 0 Å². The van der Waals surface area contributed by atoms with Gasteiger partial charge in [0.15, 0.2) is 0 Å². The first kappa shape index (κ1) is 13.7. The number of rotatable bonds is 3. The third kappa shape index (κ3) is 2.65. The van der Waals surface area contributed by atoms with Crippen molar-refractivity contribution in [2.75, 3.05) is 5.73 Å². The van der Waals surface area contributed by atoms with Crippen molar-refractivity contribution in [2.24, 2.45) is 0 Å². The molecular formula is C12H7BrN4O3S. The SMILES string of the molecule is Nc1cc([N+](=O)[O-])ccc1-c1nc(-c2cc(Br)cs2)no1. The van der Waals surface area contributed by atoms with E-state index in [0.29, 0.717) is 11.4 Å². The number of nitrogens with two attached hydrogens (primary N) is 1. The summed E-state index contributed by atoms with van der Waals surface area (Å²) in [6, 6.07) is 5.98. The van der Waals surface area contributed by atoms with E-state index in [2.05, 4.69) is 26.1 Å². The third-order valence-electron chi connectivity index (χ3n) is 2.69. The van der Waals surface area contributed by atoms with Crippen molar-refractivity contribution in [1.29, 1.82) is 0 Å². The second kappa shape index (κ2) is 5.26. The molecule has 9 heteroatoms. The number of aromatic nitrogens is 2. The van der Waals surface area contributed by atoms with E-state index in [1.54, 1.807) is 0 Å². The maximum Gasteiger partial charge on any atom is 0.271 e. The van der Waals surface area contributed by atoms with Gasteiger partial charge in [-0.15, -0.1) is 11.3 Å². The van der Waals surface area contributed by atoms with E-state index in [-0.39, 0.29) is 17.3 Å². The van der Waals surface area contributed by atoms with Gasteiger partial charge in [0, 0.05) is 22.0 Å². The molecule has 2 heterocycles. The second-order valence-electron chi connectivity index (χ2n) is 4.08. The molecule has 0 aliphatic heterocycles. The number of benzene rings is 1. The van der Waals surface area contributed by atoms with Crippen LogP contribution in [0.25, 0.3) is 22.2 Å². The minimum absolute atomic E-state index is 0.0850. The normalized spacial score (nSPS) is 10.7. The molecule has 0 atom stereocenters. The number of nitro benzene ring substituents is 1. The Labute approximate surface area is 130 Å². The lowest BCUT2D eigenvalue weighted by Crippen LogP contribution is -1.94.